The lowest BCUT2D eigenvalue weighted by molar-refractivity contribution is -0.131. The van der Waals surface area contributed by atoms with Gasteiger partial charge < -0.3 is 9.84 Å². The topological polar surface area (TPSA) is 63.6 Å². The molecule has 0 saturated carbocycles. The minimum Gasteiger partial charge on any atom is -0.426 e. The number of benzene rings is 11. The fourth-order valence-electron chi connectivity index (χ4n) is 16.2. The molecule has 0 aromatic heterocycles. The van der Waals surface area contributed by atoms with Crippen molar-refractivity contribution in [1.29, 1.82) is 0 Å². The van der Waals surface area contributed by atoms with Crippen LogP contribution in [0.15, 0.2) is 270 Å². The summed E-state index contributed by atoms with van der Waals surface area (Å²) in [5, 5.41) is 11.6. The number of hydrogen-bond donors (Lipinski definition) is 1. The number of aliphatic hydroxyl groups excluding tert-OH is 1. The zero-order valence-electron chi connectivity index (χ0n) is 84.6. The number of aliphatic hydroxyl groups is 1. The highest BCUT2D eigenvalue weighted by Crippen LogP contribution is 2.47. The maximum absolute atomic E-state index is 14.2. The van der Waals surface area contributed by atoms with Gasteiger partial charge in [-0.25, -0.2) is 13.2 Å². The van der Waals surface area contributed by atoms with Crippen molar-refractivity contribution in [2.75, 3.05) is 12.5 Å². The van der Waals surface area contributed by atoms with Crippen LogP contribution >= 0.6 is 11.8 Å². The zero-order chi connectivity index (χ0) is 96.9. The zero-order valence-corrected chi connectivity index (χ0v) is 86.2. The van der Waals surface area contributed by atoms with E-state index in [1.54, 1.807) is 42.3 Å². The molecule has 4 atom stereocenters. The fraction of sp³-hybridized carbons (Fsp3) is 0.402. The molecule has 2 aliphatic rings. The summed E-state index contributed by atoms with van der Waals surface area (Å²) in [5.41, 5.74) is 24.4. The van der Waals surface area contributed by atoms with E-state index in [-0.39, 0.29) is 30.0 Å². The Bertz CT molecular complexity index is 5450. The lowest BCUT2D eigenvalue weighted by Crippen LogP contribution is -2.07. The molecule has 0 heterocycles. The fourth-order valence-corrected chi connectivity index (χ4v) is 17.1. The molecule has 0 radical (unpaired) electrons. The molecule has 4 unspecified atom stereocenters. The SMILES string of the molecule is CC(=O)Oc1ccccc1C(C)C.CC(C)C(C)c1ccc(-c2ccccc2)c(F)c1.CC(C)C(C)c1ccc2cc(CO)ccc2c1.CC(C)Cc1ccc(C(C)C(C)C)cc1.CC(C)c1ccccc1.CC1=C(CC(C)C)c2cc(F)ccc2/C1=C\c1ccc(S(C)=O)cc1.CCCC(CCC)C(C)C.CSc1ccc(/C=C2/C(C)=C(CC(C)C)c3cc(F)ccc32)cc1. The lowest BCUT2D eigenvalue weighted by Gasteiger charge is -2.18. The van der Waals surface area contributed by atoms with E-state index in [0.29, 0.717) is 64.6 Å². The Kier molecular flexibility index (Phi) is 46.9. The lowest BCUT2D eigenvalue weighted by atomic mass is 9.88. The van der Waals surface area contributed by atoms with E-state index in [4.69, 9.17) is 9.84 Å². The van der Waals surface area contributed by atoms with Crippen LogP contribution in [0.3, 0.4) is 0 Å². The van der Waals surface area contributed by atoms with Crippen LogP contribution in [0.25, 0.3) is 56.3 Å². The number of esters is 1. The maximum Gasteiger partial charge on any atom is 0.308 e. The van der Waals surface area contributed by atoms with Crippen LogP contribution in [0.1, 0.15) is 320 Å². The molecular weight excluding hydrogens is 1650 g/mol. The first-order valence-corrected chi connectivity index (χ1v) is 50.9. The summed E-state index contributed by atoms with van der Waals surface area (Å²) in [7, 11) is -0.971. The van der Waals surface area contributed by atoms with Gasteiger partial charge in [0.1, 0.15) is 23.2 Å². The molecule has 1 N–H and O–H groups in total. The highest BCUT2D eigenvalue weighted by atomic mass is 32.2. The van der Waals surface area contributed by atoms with Crippen LogP contribution in [-0.2, 0) is 28.6 Å². The van der Waals surface area contributed by atoms with Crippen LogP contribution < -0.4 is 4.74 Å². The van der Waals surface area contributed by atoms with Gasteiger partial charge in [0.2, 0.25) is 0 Å². The monoisotopic (exact) mass is 1810 g/mol. The van der Waals surface area contributed by atoms with Crippen LogP contribution in [0, 0.1) is 64.8 Å². The van der Waals surface area contributed by atoms with Gasteiger partial charge in [-0.15, -0.1) is 11.8 Å². The second kappa shape index (κ2) is 55.8. The second-order valence-electron chi connectivity index (χ2n) is 38.8. The largest absolute Gasteiger partial charge is 0.426 e. The first-order chi connectivity index (χ1) is 62.2. The van der Waals surface area contributed by atoms with Crippen molar-refractivity contribution in [1.82, 2.24) is 0 Å². The molecule has 0 spiro atoms. The molecule has 2 aliphatic carbocycles. The summed E-state index contributed by atoms with van der Waals surface area (Å²) in [4.78, 5) is 12.9. The van der Waals surface area contributed by atoms with Crippen molar-refractivity contribution in [3.63, 3.8) is 0 Å². The van der Waals surface area contributed by atoms with Gasteiger partial charge in [0, 0.05) is 39.3 Å². The van der Waals surface area contributed by atoms with E-state index in [1.165, 1.54) is 116 Å². The van der Waals surface area contributed by atoms with E-state index < -0.39 is 10.8 Å². The molecule has 0 bridgehead atoms. The number of allylic oxidation sites excluding steroid dienone is 6. The quantitative estimate of drug-likeness (QED) is 0.0333. The summed E-state index contributed by atoms with van der Waals surface area (Å²) in [6.07, 6.45) is 16.8. The number of para-hydroxylation sites is 1. The van der Waals surface area contributed by atoms with E-state index in [1.807, 2.05) is 115 Å². The van der Waals surface area contributed by atoms with Gasteiger partial charge >= 0.3 is 5.97 Å². The summed E-state index contributed by atoms with van der Waals surface area (Å²) >= 11 is 1.75. The predicted octanol–water partition coefficient (Wildman–Crippen LogP) is 36.3. The first kappa shape index (κ1) is 110. The third-order valence-electron chi connectivity index (χ3n) is 25.0. The van der Waals surface area contributed by atoms with Gasteiger partial charge in [0.15, 0.2) is 0 Å². The van der Waals surface area contributed by atoms with Gasteiger partial charge in [-0.2, -0.15) is 0 Å². The maximum atomic E-state index is 14.2. The molecule has 0 amide bonds. The molecule has 13 rings (SSSR count). The minimum absolute atomic E-state index is 0.111. The minimum atomic E-state index is -0.971. The number of hydrogen-bond acceptors (Lipinski definition) is 5. The third-order valence-corrected chi connectivity index (χ3v) is 26.7. The second-order valence-corrected chi connectivity index (χ2v) is 41.0. The van der Waals surface area contributed by atoms with Gasteiger partial charge in [-0.1, -0.05) is 367 Å². The first-order valence-electron chi connectivity index (χ1n) is 48.1. The number of ether oxygens (including phenoxy) is 1. The molecule has 702 valence electrons. The molecule has 131 heavy (non-hydrogen) atoms. The third kappa shape index (κ3) is 35.4. The Hall–Kier alpha value is -9.64. The summed E-state index contributed by atoms with van der Waals surface area (Å²) in [6.45, 7) is 57.1. The van der Waals surface area contributed by atoms with Crippen molar-refractivity contribution in [3.8, 4) is 16.9 Å². The number of halogens is 3. The van der Waals surface area contributed by atoms with Crippen molar-refractivity contribution < 1.29 is 32.0 Å². The summed E-state index contributed by atoms with van der Waals surface area (Å²) < 4.78 is 58.4. The molecule has 11 aromatic rings. The standard InChI is InChI=1S/C22H23FOS.C22H23FS.C17H19F.C16H20O.C15H24.C11H14O2.C10H22.C9H12/c1-14(2)11-20-15(3)21(19-10-7-17(23)13-22(19)20)12-16-5-8-18(9-6-16)25(4)24;1-14(2)11-20-15(3)21(19-10-7-17(23)13-22(19)20)12-16-5-8-18(24-4)9-6-16;1-12(2)13(3)15-9-10-16(17(18)11-15)14-7-5-4-6-8-14;1-11(2)12(3)14-6-7-15-8-13(10-17)4-5-16(15)9-14;1-11(2)10-14-6-8-15(9-7-14)13(5)12(3)4;1-8(2)10-6-4-5-7-11(10)13-9(3)12;1-5-7-10(8-6-2)9(3)4;1-8(2)9-6-4-3-5-7-9/h5-10,12-14H,11H2,1-4H3;5-10,12-14H,11H2,1-4H3;4-13H,1-3H3;4-9,11-12,17H,10H2,1-3H3;6-9,11-13H,10H2,1-5H3;4-8H,1-3H3;9-10H,5-8H2,1-4H3;3-8H,1-2H3/b2*21-12-;;;;;;. The molecule has 9 heteroatoms. The van der Waals surface area contributed by atoms with Crippen LogP contribution in [0.4, 0.5) is 13.2 Å². The van der Waals surface area contributed by atoms with Gasteiger partial charge in [0.05, 0.1) is 6.61 Å². The van der Waals surface area contributed by atoms with Crippen LogP contribution in [-0.4, -0.2) is 27.8 Å². The number of carbonyl (C=O) groups excluding carboxylic acids is 1. The number of rotatable bonds is 26. The van der Waals surface area contributed by atoms with Crippen molar-refractivity contribution in [2.24, 2.45) is 47.3 Å². The Balaban J connectivity index is 0.000000235. The van der Waals surface area contributed by atoms with Crippen molar-refractivity contribution in [2.45, 2.75) is 271 Å². The van der Waals surface area contributed by atoms with Gasteiger partial charge in [-0.05, 0) is 317 Å². The van der Waals surface area contributed by atoms with Gasteiger partial charge in [0.25, 0.3) is 0 Å². The molecule has 0 saturated heterocycles. The molecule has 11 aromatic carbocycles. The Morgan fingerprint density at radius 2 is 0.840 bits per heavy atom. The van der Waals surface area contributed by atoms with E-state index in [9.17, 15) is 22.2 Å². The van der Waals surface area contributed by atoms with E-state index in [0.717, 1.165) is 97.1 Å². The average Bonchev–Trinajstić information content (AvgIpc) is 1.63. The van der Waals surface area contributed by atoms with Crippen molar-refractivity contribution in [3.05, 3.63) is 350 Å². The smallest absolute Gasteiger partial charge is 0.308 e. The van der Waals surface area contributed by atoms with Crippen LogP contribution in [0.5, 0.6) is 5.75 Å². The predicted molar refractivity (Wildman–Crippen MR) is 567 cm³/mol. The number of thioether (sulfide) groups is 1. The molecule has 0 aliphatic heterocycles. The highest BCUT2D eigenvalue weighted by molar-refractivity contribution is 7.98. The summed E-state index contributed by atoms with van der Waals surface area (Å²) in [6, 6.07) is 81.9. The Morgan fingerprint density at radius 1 is 0.420 bits per heavy atom. The summed E-state index contributed by atoms with van der Waals surface area (Å²) in [5.74, 6) is 8.15. The van der Waals surface area contributed by atoms with E-state index in [2.05, 4.69) is 295 Å². The van der Waals surface area contributed by atoms with E-state index >= 15 is 0 Å². The average molecular weight is 1810 g/mol. The molecular formula is C122H157F3O4S2. The van der Waals surface area contributed by atoms with Gasteiger partial charge in [-0.3, -0.25) is 9.00 Å². The highest BCUT2D eigenvalue weighted by Gasteiger charge is 2.27. The van der Waals surface area contributed by atoms with Crippen LogP contribution in [0.2, 0.25) is 0 Å². The molecule has 4 nitrogen and oxygen atoms in total. The van der Waals surface area contributed by atoms with Crippen molar-refractivity contribution >= 4 is 73.7 Å². The Morgan fingerprint density at radius 3 is 1.26 bits per heavy atom. The number of fused-ring (bicyclic) bond motifs is 3. The Labute approximate surface area is 797 Å². The number of carbonyl (C=O) groups is 1. The molecule has 0 fully saturated rings. The normalized spacial score (nSPS) is 13.6.